The average Bonchev–Trinajstić information content (AvgIpc) is 3.94. The van der Waals surface area contributed by atoms with Crippen molar-refractivity contribution in [2.75, 3.05) is 26.2 Å². The molecular formula is C56H49F2N7O4S. The third-order valence-electron chi connectivity index (χ3n) is 13.7. The molecule has 3 aromatic heterocycles. The molecule has 0 spiro atoms. The van der Waals surface area contributed by atoms with Crippen LogP contribution in [-0.2, 0) is 0 Å². The zero-order valence-corrected chi connectivity index (χ0v) is 39.3. The third kappa shape index (κ3) is 9.14. The Morgan fingerprint density at radius 2 is 1.29 bits per heavy atom. The quantitative estimate of drug-likeness (QED) is 0.132. The fourth-order valence-electron chi connectivity index (χ4n) is 10.3. The second-order valence-corrected chi connectivity index (χ2v) is 19.3. The molecule has 3 unspecified atom stereocenters. The molecule has 5 heterocycles. The number of hydrogen-bond acceptors (Lipinski definition) is 8. The number of nitrogens with zero attached hydrogens (tertiary/aromatic N) is 5. The van der Waals surface area contributed by atoms with Gasteiger partial charge in [0.2, 0.25) is 0 Å². The standard InChI is InChI=1S/C56H49F2N7O4S/c1-34-42(25-28-64(55(69)50-51(70-35(2)63-50)38-13-4-3-5-14-38)47(34)32-62-53(67)46-24-10-16-37-20-12-27-60-49(37)46)39-17-8-18-40(29-39)43-21-6-7-22-44(43)54(68)65-33-56(57,58)30-41(65)31-61-52(66)45-23-9-15-36-19-11-26-59-48(36)45/h3-24,26-27,29,34,41-42,47H,25,28,30-33H2,1-2H3,(H,61,66)(H,62,67)/t34?,41-,42?,47?/m0/s1. The molecule has 8 aromatic rings. The van der Waals surface area contributed by atoms with Crippen molar-refractivity contribution in [2.24, 2.45) is 5.92 Å². The van der Waals surface area contributed by atoms with Gasteiger partial charge in [-0.15, -0.1) is 11.3 Å². The molecule has 0 aliphatic carbocycles. The van der Waals surface area contributed by atoms with Gasteiger partial charge in [0.25, 0.3) is 29.6 Å². The molecule has 2 N–H and O–H groups in total. The lowest BCUT2D eigenvalue weighted by atomic mass is 9.76. The number of piperidine rings is 1. The van der Waals surface area contributed by atoms with E-state index in [4.69, 9.17) is 4.98 Å². The fourth-order valence-corrected chi connectivity index (χ4v) is 11.2. The van der Waals surface area contributed by atoms with Crippen molar-refractivity contribution >= 4 is 56.8 Å². The minimum Gasteiger partial charge on any atom is -0.350 e. The molecule has 0 radical (unpaired) electrons. The maximum atomic E-state index is 15.3. The van der Waals surface area contributed by atoms with Crippen molar-refractivity contribution in [1.82, 2.24) is 35.4 Å². The van der Waals surface area contributed by atoms with Crippen LogP contribution in [0.25, 0.3) is 43.4 Å². The van der Waals surface area contributed by atoms with Crippen LogP contribution in [0.3, 0.4) is 0 Å². The number of fused-ring (bicyclic) bond motifs is 2. The number of hydrogen-bond donors (Lipinski definition) is 2. The topological polar surface area (TPSA) is 137 Å². The summed E-state index contributed by atoms with van der Waals surface area (Å²) in [7, 11) is 0. The minimum absolute atomic E-state index is 0.0825. The van der Waals surface area contributed by atoms with Crippen LogP contribution in [0.2, 0.25) is 0 Å². The molecule has 10 rings (SSSR count). The predicted octanol–water partition coefficient (Wildman–Crippen LogP) is 10.2. The summed E-state index contributed by atoms with van der Waals surface area (Å²) in [5, 5.41) is 8.35. The van der Waals surface area contributed by atoms with Crippen LogP contribution < -0.4 is 10.6 Å². The normalized spacial score (nSPS) is 18.7. The molecule has 0 saturated carbocycles. The van der Waals surface area contributed by atoms with E-state index in [0.29, 0.717) is 46.4 Å². The van der Waals surface area contributed by atoms with Crippen molar-refractivity contribution in [1.29, 1.82) is 0 Å². The number of benzene rings is 5. The van der Waals surface area contributed by atoms with Crippen LogP contribution in [0.15, 0.2) is 152 Å². The van der Waals surface area contributed by atoms with Gasteiger partial charge < -0.3 is 20.4 Å². The lowest BCUT2D eigenvalue weighted by molar-refractivity contribution is 0.0118. The largest absolute Gasteiger partial charge is 0.350 e. The van der Waals surface area contributed by atoms with Crippen molar-refractivity contribution in [3.8, 4) is 21.6 Å². The van der Waals surface area contributed by atoms with Gasteiger partial charge in [0.1, 0.15) is 5.69 Å². The zero-order valence-electron chi connectivity index (χ0n) is 38.5. The van der Waals surface area contributed by atoms with E-state index in [9.17, 15) is 19.2 Å². The van der Waals surface area contributed by atoms with Crippen LogP contribution in [0, 0.1) is 12.8 Å². The van der Waals surface area contributed by atoms with E-state index in [1.807, 2.05) is 115 Å². The van der Waals surface area contributed by atoms with E-state index in [1.165, 1.54) is 16.2 Å². The molecule has 352 valence electrons. The van der Waals surface area contributed by atoms with E-state index in [1.54, 1.807) is 48.8 Å². The molecule has 11 nitrogen and oxygen atoms in total. The second-order valence-electron chi connectivity index (χ2n) is 18.1. The Morgan fingerprint density at radius 3 is 1.99 bits per heavy atom. The van der Waals surface area contributed by atoms with Gasteiger partial charge in [-0.25, -0.2) is 13.8 Å². The number of aromatic nitrogens is 3. The molecule has 4 amide bonds. The highest BCUT2D eigenvalue weighted by atomic mass is 32.1. The molecule has 14 heteroatoms. The molecule has 5 aromatic carbocycles. The first-order chi connectivity index (χ1) is 33.9. The maximum Gasteiger partial charge on any atom is 0.274 e. The predicted molar refractivity (Wildman–Crippen MR) is 268 cm³/mol. The monoisotopic (exact) mass is 953 g/mol. The number of pyridine rings is 2. The zero-order chi connectivity index (χ0) is 48.5. The summed E-state index contributed by atoms with van der Waals surface area (Å²) in [5.41, 5.74) is 5.65. The summed E-state index contributed by atoms with van der Waals surface area (Å²) in [5.74, 6) is -4.95. The summed E-state index contributed by atoms with van der Waals surface area (Å²) in [6.45, 7) is 3.57. The number of alkyl halides is 2. The van der Waals surface area contributed by atoms with E-state index in [2.05, 4.69) is 27.5 Å². The summed E-state index contributed by atoms with van der Waals surface area (Å²) in [4.78, 5) is 74.2. The van der Waals surface area contributed by atoms with Gasteiger partial charge in [-0.1, -0.05) is 116 Å². The molecule has 0 bridgehead atoms. The van der Waals surface area contributed by atoms with Gasteiger partial charge in [-0.05, 0) is 77.8 Å². The first-order valence-corrected chi connectivity index (χ1v) is 24.2. The van der Waals surface area contributed by atoms with Gasteiger partial charge in [-0.2, -0.15) is 0 Å². The van der Waals surface area contributed by atoms with E-state index >= 15 is 8.78 Å². The number of aryl methyl sites for hydroxylation is 1. The Hall–Kier alpha value is -7.71. The molecule has 2 aliphatic heterocycles. The average molecular weight is 954 g/mol. The SMILES string of the molecule is Cc1nc(C(=O)N2CCC(c3cccc(-c4ccccc4C(=O)N4CC(F)(F)C[C@H]4CNC(=O)c4cccc5cccnc45)c3)C(C)C2CNC(=O)c2cccc3cccnc23)c(-c2ccccc2)s1. The Kier molecular flexibility index (Phi) is 12.7. The summed E-state index contributed by atoms with van der Waals surface area (Å²) < 4.78 is 30.6. The Balaban J connectivity index is 0.921. The first kappa shape index (κ1) is 46.0. The molecule has 2 saturated heterocycles. The highest BCUT2D eigenvalue weighted by Gasteiger charge is 2.47. The second kappa shape index (κ2) is 19.4. The smallest absolute Gasteiger partial charge is 0.274 e. The lowest BCUT2D eigenvalue weighted by Gasteiger charge is -2.44. The molecule has 2 aliphatic rings. The van der Waals surface area contributed by atoms with Gasteiger partial charge in [0, 0.05) is 54.8 Å². The van der Waals surface area contributed by atoms with Crippen molar-refractivity contribution in [3.63, 3.8) is 0 Å². The number of amides is 4. The summed E-state index contributed by atoms with van der Waals surface area (Å²) in [6.07, 6.45) is 3.25. The number of likely N-dealkylation sites (tertiary alicyclic amines) is 2. The highest BCUT2D eigenvalue weighted by Crippen LogP contribution is 2.41. The van der Waals surface area contributed by atoms with Crippen LogP contribution >= 0.6 is 11.3 Å². The van der Waals surface area contributed by atoms with Gasteiger partial charge in [0.15, 0.2) is 0 Å². The molecule has 4 atom stereocenters. The van der Waals surface area contributed by atoms with Crippen molar-refractivity contribution < 1.29 is 28.0 Å². The highest BCUT2D eigenvalue weighted by molar-refractivity contribution is 7.15. The van der Waals surface area contributed by atoms with Crippen LogP contribution in [-0.4, -0.2) is 92.6 Å². The number of para-hydroxylation sites is 2. The van der Waals surface area contributed by atoms with Crippen LogP contribution in [0.5, 0.6) is 0 Å². The number of nitrogens with one attached hydrogen (secondary N) is 2. The fraction of sp³-hybridized carbons (Fsp3) is 0.232. The van der Waals surface area contributed by atoms with Crippen molar-refractivity contribution in [3.05, 3.63) is 185 Å². The molecule has 2 fully saturated rings. The van der Waals surface area contributed by atoms with E-state index in [-0.39, 0.29) is 42.3 Å². The Bertz CT molecular complexity index is 3280. The molecule has 70 heavy (non-hydrogen) atoms. The number of thiazole rings is 1. The number of rotatable bonds is 11. The summed E-state index contributed by atoms with van der Waals surface area (Å²) in [6, 6.07) is 41.3. The first-order valence-electron chi connectivity index (χ1n) is 23.4. The molecular weight excluding hydrogens is 905 g/mol. The van der Waals surface area contributed by atoms with Crippen molar-refractivity contribution in [2.45, 2.75) is 50.6 Å². The summed E-state index contributed by atoms with van der Waals surface area (Å²) >= 11 is 1.47. The number of halogens is 2. The maximum absolute atomic E-state index is 15.3. The van der Waals surface area contributed by atoms with Crippen LogP contribution in [0.1, 0.15) is 77.8 Å². The van der Waals surface area contributed by atoms with E-state index < -0.39 is 42.8 Å². The van der Waals surface area contributed by atoms with Crippen LogP contribution in [0.4, 0.5) is 8.78 Å². The Labute approximate surface area is 407 Å². The van der Waals surface area contributed by atoms with Gasteiger partial charge in [0.05, 0.1) is 50.7 Å². The lowest BCUT2D eigenvalue weighted by Crippen LogP contribution is -2.55. The third-order valence-corrected chi connectivity index (χ3v) is 14.7. The number of carbonyl (C=O) groups excluding carboxylic acids is 4. The Morgan fingerprint density at radius 1 is 0.686 bits per heavy atom. The minimum atomic E-state index is -3.16. The van der Waals surface area contributed by atoms with Gasteiger partial charge in [-0.3, -0.25) is 29.1 Å². The number of carbonyl (C=O) groups is 4. The van der Waals surface area contributed by atoms with E-state index in [0.717, 1.165) is 37.3 Å². The van der Waals surface area contributed by atoms with Gasteiger partial charge >= 0.3 is 0 Å².